The first-order chi connectivity index (χ1) is 8.74. The number of alkyl halides is 5. The van der Waals surface area contributed by atoms with Crippen molar-refractivity contribution in [2.24, 2.45) is 0 Å². The van der Waals surface area contributed by atoms with E-state index < -0.39 is 23.6 Å². The molecule has 1 heterocycles. The molecule has 0 saturated heterocycles. The monoisotopic (exact) mass is 276 g/mol. The number of hydrogen-bond donors (Lipinski definition) is 1. The number of aromatic nitrogens is 2. The van der Waals surface area contributed by atoms with Gasteiger partial charge in [0.05, 0.1) is 16.6 Å². The van der Waals surface area contributed by atoms with Crippen molar-refractivity contribution in [1.82, 2.24) is 9.97 Å². The highest BCUT2D eigenvalue weighted by molar-refractivity contribution is 5.76. The lowest BCUT2D eigenvalue weighted by Gasteiger charge is -2.33. The SMILES string of the molecule is FC1(F)CC(c2nc3ccc(C(F)(F)F)cc3[nH]2)C1. The average Bonchev–Trinajstić information content (AvgIpc) is 2.66. The number of nitrogens with one attached hydrogen (secondary N) is 1. The Kier molecular flexibility index (Phi) is 2.40. The van der Waals surface area contributed by atoms with Crippen LogP contribution in [-0.2, 0) is 6.18 Å². The largest absolute Gasteiger partial charge is 0.416 e. The van der Waals surface area contributed by atoms with E-state index in [2.05, 4.69) is 9.97 Å². The number of rotatable bonds is 1. The molecule has 3 rings (SSSR count). The smallest absolute Gasteiger partial charge is 0.342 e. The number of halogens is 5. The Morgan fingerprint density at radius 3 is 2.47 bits per heavy atom. The first-order valence-electron chi connectivity index (χ1n) is 5.69. The summed E-state index contributed by atoms with van der Waals surface area (Å²) >= 11 is 0. The summed E-state index contributed by atoms with van der Waals surface area (Å²) < 4.78 is 63.1. The van der Waals surface area contributed by atoms with Gasteiger partial charge in [-0.15, -0.1) is 0 Å². The second kappa shape index (κ2) is 3.68. The van der Waals surface area contributed by atoms with Crippen molar-refractivity contribution in [3.63, 3.8) is 0 Å². The van der Waals surface area contributed by atoms with E-state index in [0.29, 0.717) is 11.3 Å². The van der Waals surface area contributed by atoms with Gasteiger partial charge in [0.1, 0.15) is 5.82 Å². The molecule has 2 aromatic rings. The van der Waals surface area contributed by atoms with Crippen molar-refractivity contribution in [2.75, 3.05) is 0 Å². The van der Waals surface area contributed by atoms with Crippen LogP contribution < -0.4 is 0 Å². The molecule has 1 aliphatic rings. The highest BCUT2D eigenvalue weighted by atomic mass is 19.4. The molecule has 1 saturated carbocycles. The van der Waals surface area contributed by atoms with Crippen LogP contribution in [0.3, 0.4) is 0 Å². The lowest BCUT2D eigenvalue weighted by molar-refractivity contribution is -0.137. The quantitative estimate of drug-likeness (QED) is 0.781. The topological polar surface area (TPSA) is 28.7 Å². The number of aromatic amines is 1. The molecule has 2 nitrogen and oxygen atoms in total. The third-order valence-corrected chi connectivity index (χ3v) is 3.30. The molecule has 19 heavy (non-hydrogen) atoms. The van der Waals surface area contributed by atoms with Gasteiger partial charge in [0.25, 0.3) is 0 Å². The van der Waals surface area contributed by atoms with E-state index >= 15 is 0 Å². The van der Waals surface area contributed by atoms with E-state index in [1.807, 2.05) is 0 Å². The van der Waals surface area contributed by atoms with Gasteiger partial charge < -0.3 is 4.98 Å². The van der Waals surface area contributed by atoms with E-state index in [-0.39, 0.29) is 18.4 Å². The van der Waals surface area contributed by atoms with E-state index in [0.717, 1.165) is 12.1 Å². The van der Waals surface area contributed by atoms with Crippen LogP contribution in [0.1, 0.15) is 30.1 Å². The molecule has 1 aromatic heterocycles. The Bertz CT molecular complexity index is 621. The number of hydrogen-bond acceptors (Lipinski definition) is 1. The minimum atomic E-state index is -4.43. The van der Waals surface area contributed by atoms with Gasteiger partial charge in [0.2, 0.25) is 5.92 Å². The summed E-state index contributed by atoms with van der Waals surface area (Å²) in [5.74, 6) is -2.75. The van der Waals surface area contributed by atoms with Gasteiger partial charge in [-0.1, -0.05) is 0 Å². The maximum absolute atomic E-state index is 12.8. The molecule has 0 aliphatic heterocycles. The van der Waals surface area contributed by atoms with E-state index in [4.69, 9.17) is 0 Å². The van der Waals surface area contributed by atoms with Crippen molar-refractivity contribution < 1.29 is 22.0 Å². The van der Waals surface area contributed by atoms with E-state index in [9.17, 15) is 22.0 Å². The highest BCUT2D eigenvalue weighted by Gasteiger charge is 2.47. The minimum Gasteiger partial charge on any atom is -0.342 e. The molecule has 102 valence electrons. The summed E-state index contributed by atoms with van der Waals surface area (Å²) in [6.07, 6.45) is -5.04. The highest BCUT2D eigenvalue weighted by Crippen LogP contribution is 2.47. The van der Waals surface area contributed by atoms with E-state index in [1.165, 1.54) is 6.07 Å². The minimum absolute atomic E-state index is 0.222. The maximum atomic E-state index is 12.8. The molecular weight excluding hydrogens is 267 g/mol. The second-order valence-corrected chi connectivity index (χ2v) is 4.81. The van der Waals surface area contributed by atoms with E-state index in [1.54, 1.807) is 0 Å². The summed E-state index contributed by atoms with van der Waals surface area (Å²) in [6.45, 7) is 0. The Morgan fingerprint density at radius 2 is 1.89 bits per heavy atom. The van der Waals surface area contributed by atoms with Crippen LogP contribution in [0.25, 0.3) is 11.0 Å². The Balaban J connectivity index is 1.94. The Labute approximate surface area is 104 Å². The number of H-pyrrole nitrogens is 1. The molecule has 1 N–H and O–H groups in total. The summed E-state index contributed by atoms with van der Waals surface area (Å²) in [4.78, 5) is 6.77. The van der Waals surface area contributed by atoms with Crippen LogP contribution >= 0.6 is 0 Å². The van der Waals surface area contributed by atoms with Crippen LogP contribution in [0.15, 0.2) is 18.2 Å². The number of imidazole rings is 1. The van der Waals surface area contributed by atoms with Gasteiger partial charge >= 0.3 is 6.18 Å². The summed E-state index contributed by atoms with van der Waals surface area (Å²) in [5.41, 5.74) is -0.201. The molecule has 1 aromatic carbocycles. The first kappa shape index (κ1) is 12.4. The van der Waals surface area contributed by atoms with Gasteiger partial charge in [0, 0.05) is 18.8 Å². The van der Waals surface area contributed by atoms with Gasteiger partial charge in [-0.25, -0.2) is 13.8 Å². The van der Waals surface area contributed by atoms with Crippen molar-refractivity contribution in [3.05, 3.63) is 29.6 Å². The Hall–Kier alpha value is -1.66. The molecule has 0 unspecified atom stereocenters. The molecule has 0 radical (unpaired) electrons. The zero-order chi connectivity index (χ0) is 13.8. The van der Waals surface area contributed by atoms with Crippen molar-refractivity contribution in [1.29, 1.82) is 0 Å². The standard InChI is InChI=1S/C12H9F5N2/c13-11(14)4-6(5-11)10-18-8-2-1-7(12(15,16)17)3-9(8)19-10/h1-3,6H,4-5H2,(H,18,19). The van der Waals surface area contributed by atoms with Crippen molar-refractivity contribution in [2.45, 2.75) is 30.9 Å². The van der Waals surface area contributed by atoms with Crippen LogP contribution in [0.4, 0.5) is 22.0 Å². The summed E-state index contributed by atoms with van der Waals surface area (Å²) in [5, 5.41) is 0. The zero-order valence-corrected chi connectivity index (χ0v) is 9.56. The molecule has 0 bridgehead atoms. The molecule has 0 atom stereocenters. The van der Waals surface area contributed by atoms with Gasteiger partial charge in [-0.3, -0.25) is 0 Å². The Morgan fingerprint density at radius 1 is 1.21 bits per heavy atom. The van der Waals surface area contributed by atoms with Crippen LogP contribution in [0, 0.1) is 0 Å². The van der Waals surface area contributed by atoms with Gasteiger partial charge in [-0.05, 0) is 18.2 Å². The third-order valence-electron chi connectivity index (χ3n) is 3.30. The average molecular weight is 276 g/mol. The van der Waals surface area contributed by atoms with Crippen LogP contribution in [0.5, 0.6) is 0 Å². The fourth-order valence-corrected chi connectivity index (χ4v) is 2.25. The predicted molar refractivity (Wildman–Crippen MR) is 58.0 cm³/mol. The first-order valence-corrected chi connectivity index (χ1v) is 5.69. The van der Waals surface area contributed by atoms with Crippen LogP contribution in [0.2, 0.25) is 0 Å². The summed E-state index contributed by atoms with van der Waals surface area (Å²) in [7, 11) is 0. The summed E-state index contributed by atoms with van der Waals surface area (Å²) in [6, 6.07) is 3.12. The molecule has 0 spiro atoms. The van der Waals surface area contributed by atoms with Gasteiger partial charge in [0.15, 0.2) is 0 Å². The van der Waals surface area contributed by atoms with Gasteiger partial charge in [-0.2, -0.15) is 13.2 Å². The molecule has 7 heteroatoms. The lowest BCUT2D eigenvalue weighted by atomic mass is 9.81. The maximum Gasteiger partial charge on any atom is 0.416 e. The lowest BCUT2D eigenvalue weighted by Crippen LogP contribution is -2.34. The number of fused-ring (bicyclic) bond motifs is 1. The third kappa shape index (κ3) is 2.17. The second-order valence-electron chi connectivity index (χ2n) is 4.81. The van der Waals surface area contributed by atoms with Crippen molar-refractivity contribution in [3.8, 4) is 0 Å². The fraction of sp³-hybridized carbons (Fsp3) is 0.417. The normalized spacial score (nSPS) is 19.6. The predicted octanol–water partition coefficient (Wildman–Crippen LogP) is 4.09. The zero-order valence-electron chi connectivity index (χ0n) is 9.56. The molecule has 1 fully saturated rings. The number of benzene rings is 1. The van der Waals surface area contributed by atoms with Crippen molar-refractivity contribution >= 4 is 11.0 Å². The molecule has 1 aliphatic carbocycles. The fourth-order valence-electron chi connectivity index (χ4n) is 2.25. The number of nitrogens with zero attached hydrogens (tertiary/aromatic N) is 1. The molecular formula is C12H9F5N2. The molecule has 0 amide bonds. The van der Waals surface area contributed by atoms with Crippen LogP contribution in [-0.4, -0.2) is 15.9 Å².